The average Bonchev–Trinajstić information content (AvgIpc) is 2.55. The van der Waals surface area contributed by atoms with Crippen molar-refractivity contribution in [3.8, 4) is 0 Å². The molecule has 1 saturated carbocycles. The molecular weight excluding hydrogens is 317 g/mol. The number of benzene rings is 1. The Morgan fingerprint density at radius 1 is 1.00 bits per heavy atom. The number of hydrogen-bond acceptors (Lipinski definition) is 1. The maximum atomic E-state index is 12.7. The molecule has 0 aromatic heterocycles. The van der Waals surface area contributed by atoms with Crippen LogP contribution in [0.4, 0.5) is 18.0 Å². The van der Waals surface area contributed by atoms with E-state index < -0.39 is 12.1 Å². The van der Waals surface area contributed by atoms with Crippen LogP contribution in [-0.2, 0) is 6.42 Å². The lowest BCUT2D eigenvalue weighted by molar-refractivity contribution is -0.182. The van der Waals surface area contributed by atoms with Crippen LogP contribution in [0, 0.1) is 5.92 Å². The Morgan fingerprint density at radius 3 is 2.42 bits per heavy atom. The smallest absolute Gasteiger partial charge is 0.335 e. The molecule has 3 rings (SSSR count). The van der Waals surface area contributed by atoms with Crippen molar-refractivity contribution in [1.29, 1.82) is 0 Å². The zero-order chi connectivity index (χ0) is 17.2. The Kier molecular flexibility index (Phi) is 5.01. The third kappa shape index (κ3) is 4.02. The fourth-order valence-corrected chi connectivity index (χ4v) is 3.85. The van der Waals surface area contributed by atoms with Gasteiger partial charge in [0.2, 0.25) is 0 Å². The van der Waals surface area contributed by atoms with Gasteiger partial charge < -0.3 is 10.6 Å². The molecule has 2 N–H and O–H groups in total. The normalized spacial score (nSPS) is 27.2. The number of rotatable bonds is 2. The highest BCUT2D eigenvalue weighted by atomic mass is 19.4. The number of hydrogen-bond donors (Lipinski definition) is 2. The van der Waals surface area contributed by atoms with Gasteiger partial charge in [-0.2, -0.15) is 13.2 Å². The van der Waals surface area contributed by atoms with E-state index in [1.807, 2.05) is 18.2 Å². The molecule has 0 heterocycles. The van der Waals surface area contributed by atoms with Gasteiger partial charge in [0.15, 0.2) is 0 Å². The van der Waals surface area contributed by atoms with Gasteiger partial charge in [-0.25, -0.2) is 4.79 Å². The standard InChI is InChI=1S/C18H23F3N2O/c19-18(20,21)13-8-10-14(11-9-13)22-17(24)23-16-7-3-5-12-4-1-2-6-15(12)16/h1-2,4,6,13-14,16H,3,5,7-11H2,(H2,22,23,24). The van der Waals surface area contributed by atoms with Crippen LogP contribution < -0.4 is 10.6 Å². The lowest BCUT2D eigenvalue weighted by Gasteiger charge is -2.31. The number of halogens is 3. The summed E-state index contributed by atoms with van der Waals surface area (Å²) in [5, 5.41) is 5.84. The van der Waals surface area contributed by atoms with Crippen molar-refractivity contribution in [3.05, 3.63) is 35.4 Å². The third-order valence-corrected chi connectivity index (χ3v) is 5.20. The minimum atomic E-state index is -4.11. The molecule has 1 atom stereocenters. The first kappa shape index (κ1) is 17.1. The monoisotopic (exact) mass is 340 g/mol. The van der Waals surface area contributed by atoms with Crippen molar-refractivity contribution in [2.24, 2.45) is 5.92 Å². The number of carbonyl (C=O) groups excluding carboxylic acids is 1. The molecule has 2 amide bonds. The quantitative estimate of drug-likeness (QED) is 0.818. The Hall–Kier alpha value is -1.72. The molecule has 0 bridgehead atoms. The Bertz CT molecular complexity index is 580. The van der Waals surface area contributed by atoms with E-state index in [2.05, 4.69) is 16.7 Å². The summed E-state index contributed by atoms with van der Waals surface area (Å²) in [6, 6.07) is 7.64. The maximum absolute atomic E-state index is 12.7. The second-order valence-electron chi connectivity index (χ2n) is 6.85. The minimum Gasteiger partial charge on any atom is -0.335 e. The number of amides is 2. The summed E-state index contributed by atoms with van der Waals surface area (Å²) in [7, 11) is 0. The Morgan fingerprint density at radius 2 is 1.71 bits per heavy atom. The molecule has 0 saturated heterocycles. The summed E-state index contributed by atoms with van der Waals surface area (Å²) in [4.78, 5) is 12.2. The first-order valence-electron chi connectivity index (χ1n) is 8.65. The molecule has 2 aliphatic rings. The van der Waals surface area contributed by atoms with Crippen LogP contribution in [0.3, 0.4) is 0 Å². The van der Waals surface area contributed by atoms with E-state index in [-0.39, 0.29) is 31.0 Å². The first-order chi connectivity index (χ1) is 11.4. The van der Waals surface area contributed by atoms with E-state index in [4.69, 9.17) is 0 Å². The van der Waals surface area contributed by atoms with E-state index in [0.29, 0.717) is 12.8 Å². The SMILES string of the molecule is O=C(NC1CCC(C(F)(F)F)CC1)NC1CCCc2ccccc21. The van der Waals surface area contributed by atoms with Gasteiger partial charge in [-0.15, -0.1) is 0 Å². The van der Waals surface area contributed by atoms with Crippen LogP contribution in [-0.4, -0.2) is 18.2 Å². The lowest BCUT2D eigenvalue weighted by Crippen LogP contribution is -2.46. The second kappa shape index (κ2) is 7.03. The second-order valence-corrected chi connectivity index (χ2v) is 6.85. The summed E-state index contributed by atoms with van der Waals surface area (Å²) < 4.78 is 38.0. The van der Waals surface area contributed by atoms with Gasteiger partial charge in [-0.05, 0) is 56.1 Å². The van der Waals surface area contributed by atoms with Gasteiger partial charge in [0, 0.05) is 6.04 Å². The highest BCUT2D eigenvalue weighted by Crippen LogP contribution is 2.37. The van der Waals surface area contributed by atoms with Crippen LogP contribution >= 0.6 is 0 Å². The number of fused-ring (bicyclic) bond motifs is 1. The predicted molar refractivity (Wildman–Crippen MR) is 85.6 cm³/mol. The first-order valence-corrected chi connectivity index (χ1v) is 8.65. The number of alkyl halides is 3. The summed E-state index contributed by atoms with van der Waals surface area (Å²) >= 11 is 0. The van der Waals surface area contributed by atoms with Gasteiger partial charge in [0.25, 0.3) is 0 Å². The van der Waals surface area contributed by atoms with Gasteiger partial charge in [-0.1, -0.05) is 24.3 Å². The van der Waals surface area contributed by atoms with Crippen molar-refractivity contribution in [2.45, 2.75) is 63.2 Å². The van der Waals surface area contributed by atoms with E-state index in [1.54, 1.807) is 0 Å². The molecule has 6 heteroatoms. The molecule has 1 aromatic rings. The molecule has 132 valence electrons. The van der Waals surface area contributed by atoms with Crippen molar-refractivity contribution in [3.63, 3.8) is 0 Å². The van der Waals surface area contributed by atoms with Gasteiger partial charge >= 0.3 is 12.2 Å². The van der Waals surface area contributed by atoms with E-state index in [0.717, 1.165) is 24.8 Å². The van der Waals surface area contributed by atoms with Crippen LogP contribution in [0.25, 0.3) is 0 Å². The summed E-state index contributed by atoms with van der Waals surface area (Å²) in [6.07, 6.45) is -0.195. The van der Waals surface area contributed by atoms with E-state index >= 15 is 0 Å². The van der Waals surface area contributed by atoms with Gasteiger partial charge in [0.05, 0.1) is 12.0 Å². The van der Waals surface area contributed by atoms with Crippen LogP contribution in [0.15, 0.2) is 24.3 Å². The maximum Gasteiger partial charge on any atom is 0.391 e. The highest BCUT2D eigenvalue weighted by molar-refractivity contribution is 5.75. The van der Waals surface area contributed by atoms with E-state index in [1.165, 1.54) is 5.56 Å². The number of nitrogens with one attached hydrogen (secondary N) is 2. The third-order valence-electron chi connectivity index (χ3n) is 5.20. The number of aryl methyl sites for hydroxylation is 1. The number of carbonyl (C=O) groups is 1. The summed E-state index contributed by atoms with van der Waals surface area (Å²) in [5.41, 5.74) is 2.42. The molecule has 0 radical (unpaired) electrons. The zero-order valence-corrected chi connectivity index (χ0v) is 13.5. The van der Waals surface area contributed by atoms with Crippen molar-refractivity contribution < 1.29 is 18.0 Å². The Balaban J connectivity index is 1.51. The molecular formula is C18H23F3N2O. The molecule has 1 unspecified atom stereocenters. The fourth-order valence-electron chi connectivity index (χ4n) is 3.85. The van der Waals surface area contributed by atoms with Crippen molar-refractivity contribution in [1.82, 2.24) is 10.6 Å². The lowest BCUT2D eigenvalue weighted by atomic mass is 9.85. The topological polar surface area (TPSA) is 41.1 Å². The summed E-state index contributed by atoms with van der Waals surface area (Å²) in [6.45, 7) is 0. The van der Waals surface area contributed by atoms with Gasteiger partial charge in [-0.3, -0.25) is 0 Å². The van der Waals surface area contributed by atoms with Crippen LogP contribution in [0.5, 0.6) is 0 Å². The van der Waals surface area contributed by atoms with Crippen LogP contribution in [0.2, 0.25) is 0 Å². The van der Waals surface area contributed by atoms with Crippen LogP contribution in [0.1, 0.15) is 55.7 Å². The number of urea groups is 1. The molecule has 0 spiro atoms. The molecule has 0 aliphatic heterocycles. The minimum absolute atomic E-state index is 0.0125. The molecule has 3 nitrogen and oxygen atoms in total. The van der Waals surface area contributed by atoms with Crippen molar-refractivity contribution >= 4 is 6.03 Å². The molecule has 24 heavy (non-hydrogen) atoms. The molecule has 1 aromatic carbocycles. The summed E-state index contributed by atoms with van der Waals surface area (Å²) in [5.74, 6) is -1.22. The predicted octanol–water partition coefficient (Wildman–Crippen LogP) is 4.48. The van der Waals surface area contributed by atoms with E-state index in [9.17, 15) is 18.0 Å². The zero-order valence-electron chi connectivity index (χ0n) is 13.5. The largest absolute Gasteiger partial charge is 0.391 e. The molecule has 1 fully saturated rings. The highest BCUT2D eigenvalue weighted by Gasteiger charge is 2.41. The fraction of sp³-hybridized carbons (Fsp3) is 0.611. The Labute approximate surface area is 140 Å². The average molecular weight is 340 g/mol. The van der Waals surface area contributed by atoms with Gasteiger partial charge in [0.1, 0.15) is 0 Å². The molecule has 2 aliphatic carbocycles. The van der Waals surface area contributed by atoms with Crippen molar-refractivity contribution in [2.75, 3.05) is 0 Å².